The largest absolute Gasteiger partial charge is 0.486 e. The van der Waals surface area contributed by atoms with E-state index >= 15 is 0 Å². The van der Waals surface area contributed by atoms with E-state index in [4.69, 9.17) is 9.47 Å². The van der Waals surface area contributed by atoms with Gasteiger partial charge in [-0.25, -0.2) is 0 Å². The maximum atomic E-state index is 5.75. The molecule has 0 radical (unpaired) electrons. The Labute approximate surface area is 161 Å². The molecule has 0 amide bonds. The molecule has 0 spiro atoms. The van der Waals surface area contributed by atoms with Crippen LogP contribution < -0.4 is 14.8 Å². The van der Waals surface area contributed by atoms with Crippen molar-refractivity contribution in [2.75, 3.05) is 13.2 Å². The first kappa shape index (κ1) is 19.1. The number of fused-ring (bicyclic) bond motifs is 1. The van der Waals surface area contributed by atoms with Crippen LogP contribution in [-0.2, 0) is 12.1 Å². The van der Waals surface area contributed by atoms with Crippen molar-refractivity contribution in [3.8, 4) is 11.5 Å². The minimum Gasteiger partial charge on any atom is -0.486 e. The Morgan fingerprint density at radius 2 is 1.92 bits per heavy atom. The molecule has 1 N–H and O–H groups in total. The van der Waals surface area contributed by atoms with E-state index in [1.165, 1.54) is 24.0 Å². The zero-order valence-corrected chi connectivity index (χ0v) is 16.5. The molecule has 142 valence electrons. The van der Waals surface area contributed by atoms with Gasteiger partial charge in [-0.15, -0.1) is 12.4 Å². The van der Waals surface area contributed by atoms with Gasteiger partial charge in [0, 0.05) is 24.3 Å². The third kappa shape index (κ3) is 4.15. The summed E-state index contributed by atoms with van der Waals surface area (Å²) in [6, 6.07) is 6.71. The smallest absolute Gasteiger partial charge is 0.161 e. The van der Waals surface area contributed by atoms with Crippen LogP contribution >= 0.6 is 12.4 Å². The Morgan fingerprint density at radius 1 is 1.19 bits per heavy atom. The second-order valence-corrected chi connectivity index (χ2v) is 8.06. The average molecular weight is 378 g/mol. The number of hydrogen-bond acceptors (Lipinski definition) is 4. The highest BCUT2D eigenvalue weighted by Crippen LogP contribution is 2.43. The Kier molecular flexibility index (Phi) is 5.49. The number of hydrogen-bond donors (Lipinski definition) is 1. The molecular weight excluding hydrogens is 350 g/mol. The van der Waals surface area contributed by atoms with E-state index in [1.54, 1.807) is 0 Å². The van der Waals surface area contributed by atoms with Gasteiger partial charge < -0.3 is 14.8 Å². The fourth-order valence-corrected chi connectivity index (χ4v) is 3.29. The second kappa shape index (κ2) is 7.49. The minimum absolute atomic E-state index is 0. The Balaban J connectivity index is 0.00000196. The predicted octanol–water partition coefficient (Wildman–Crippen LogP) is 4.07. The van der Waals surface area contributed by atoms with E-state index in [0.29, 0.717) is 25.2 Å². The molecule has 1 atom stereocenters. The summed E-state index contributed by atoms with van der Waals surface area (Å²) in [7, 11) is 0. The first-order valence-electron chi connectivity index (χ1n) is 9.18. The Hall–Kier alpha value is -1.72. The van der Waals surface area contributed by atoms with Gasteiger partial charge in [0.05, 0.1) is 11.7 Å². The lowest BCUT2D eigenvalue weighted by atomic mass is 10.0. The molecule has 1 aromatic carbocycles. The van der Waals surface area contributed by atoms with Crippen molar-refractivity contribution in [1.82, 2.24) is 15.1 Å². The first-order chi connectivity index (χ1) is 12.0. The summed E-state index contributed by atoms with van der Waals surface area (Å²) in [5.74, 6) is 2.44. The summed E-state index contributed by atoms with van der Waals surface area (Å²) in [6.45, 7) is 8.59. The molecule has 1 fully saturated rings. The van der Waals surface area contributed by atoms with Gasteiger partial charge in [0.25, 0.3) is 0 Å². The van der Waals surface area contributed by atoms with Crippen molar-refractivity contribution < 1.29 is 9.47 Å². The van der Waals surface area contributed by atoms with Crippen LogP contribution in [0.25, 0.3) is 0 Å². The third-order valence-corrected chi connectivity index (χ3v) is 4.87. The molecule has 26 heavy (non-hydrogen) atoms. The number of nitrogens with one attached hydrogen (secondary N) is 1. The van der Waals surface area contributed by atoms with Crippen LogP contribution in [0.15, 0.2) is 30.6 Å². The fourth-order valence-electron chi connectivity index (χ4n) is 3.29. The van der Waals surface area contributed by atoms with E-state index < -0.39 is 0 Å². The maximum Gasteiger partial charge on any atom is 0.161 e. The minimum atomic E-state index is 0. The number of aromatic nitrogens is 2. The third-order valence-electron chi connectivity index (χ3n) is 4.87. The topological polar surface area (TPSA) is 48.3 Å². The van der Waals surface area contributed by atoms with Crippen molar-refractivity contribution in [3.05, 3.63) is 41.7 Å². The zero-order valence-electron chi connectivity index (χ0n) is 15.7. The molecule has 1 aliphatic heterocycles. The van der Waals surface area contributed by atoms with Gasteiger partial charge in [-0.2, -0.15) is 5.10 Å². The van der Waals surface area contributed by atoms with Gasteiger partial charge in [-0.1, -0.05) is 6.07 Å². The van der Waals surface area contributed by atoms with Crippen molar-refractivity contribution in [3.63, 3.8) is 0 Å². The standard InChI is InChI=1S/C20H27N3O2.ClH/c1-20(2,3)23-13-14(12-22-23)11-21-19(15-4-5-15)16-6-7-17-18(10-16)25-9-8-24-17;/h6-7,10,12-13,15,19,21H,4-5,8-9,11H2,1-3H3;1H. The molecule has 5 nitrogen and oxygen atoms in total. The normalized spacial score (nSPS) is 17.5. The monoisotopic (exact) mass is 377 g/mol. The Bertz CT molecular complexity index is 750. The van der Waals surface area contributed by atoms with E-state index in [9.17, 15) is 0 Å². The molecular formula is C20H28ClN3O2. The van der Waals surface area contributed by atoms with Gasteiger partial charge in [0.15, 0.2) is 11.5 Å². The summed E-state index contributed by atoms with van der Waals surface area (Å²) in [4.78, 5) is 0. The first-order valence-corrected chi connectivity index (χ1v) is 9.18. The predicted molar refractivity (Wildman–Crippen MR) is 104 cm³/mol. The van der Waals surface area contributed by atoms with E-state index in [0.717, 1.165) is 18.0 Å². The molecule has 4 rings (SSSR count). The molecule has 0 bridgehead atoms. The van der Waals surface area contributed by atoms with Gasteiger partial charge in [0.2, 0.25) is 0 Å². The van der Waals surface area contributed by atoms with E-state index in [2.05, 4.69) is 49.5 Å². The molecule has 2 aromatic rings. The van der Waals surface area contributed by atoms with Crippen LogP contribution in [0.1, 0.15) is 50.8 Å². The maximum absolute atomic E-state index is 5.75. The summed E-state index contributed by atoms with van der Waals surface area (Å²) in [5, 5.41) is 8.23. The van der Waals surface area contributed by atoms with Crippen LogP contribution in [-0.4, -0.2) is 23.0 Å². The fraction of sp³-hybridized carbons (Fsp3) is 0.550. The number of halogens is 1. The molecule has 1 aromatic heterocycles. The molecule has 2 heterocycles. The number of benzene rings is 1. The number of nitrogens with zero attached hydrogens (tertiary/aromatic N) is 2. The van der Waals surface area contributed by atoms with Gasteiger partial charge in [0.1, 0.15) is 13.2 Å². The van der Waals surface area contributed by atoms with Crippen LogP contribution in [0, 0.1) is 5.92 Å². The quantitative estimate of drug-likeness (QED) is 0.853. The molecule has 1 unspecified atom stereocenters. The molecule has 2 aliphatic rings. The van der Waals surface area contributed by atoms with E-state index in [1.807, 2.05) is 16.9 Å². The van der Waals surface area contributed by atoms with Crippen LogP contribution in [0.5, 0.6) is 11.5 Å². The zero-order chi connectivity index (χ0) is 17.4. The van der Waals surface area contributed by atoms with Crippen molar-refractivity contribution >= 4 is 12.4 Å². The van der Waals surface area contributed by atoms with Gasteiger partial charge in [-0.05, 0) is 57.2 Å². The van der Waals surface area contributed by atoms with Crippen molar-refractivity contribution in [2.45, 2.75) is 51.7 Å². The lowest BCUT2D eigenvalue weighted by Crippen LogP contribution is -2.24. The van der Waals surface area contributed by atoms with Gasteiger partial charge in [-0.3, -0.25) is 4.68 Å². The van der Waals surface area contributed by atoms with Crippen LogP contribution in [0.3, 0.4) is 0 Å². The van der Waals surface area contributed by atoms with Crippen molar-refractivity contribution in [2.24, 2.45) is 5.92 Å². The molecule has 0 saturated heterocycles. The summed E-state index contributed by atoms with van der Waals surface area (Å²) in [5.41, 5.74) is 2.53. The molecule has 6 heteroatoms. The number of ether oxygens (including phenoxy) is 2. The highest BCUT2D eigenvalue weighted by molar-refractivity contribution is 5.85. The second-order valence-electron chi connectivity index (χ2n) is 8.06. The SMILES string of the molecule is CC(C)(C)n1cc(CNC(c2ccc3c(c2)OCCO3)C2CC2)cn1.Cl. The summed E-state index contributed by atoms with van der Waals surface area (Å²) < 4.78 is 13.4. The average Bonchev–Trinajstić information content (AvgIpc) is 3.30. The van der Waals surface area contributed by atoms with Gasteiger partial charge >= 0.3 is 0 Å². The summed E-state index contributed by atoms with van der Waals surface area (Å²) in [6.07, 6.45) is 6.67. The van der Waals surface area contributed by atoms with Crippen molar-refractivity contribution in [1.29, 1.82) is 0 Å². The van der Waals surface area contributed by atoms with Crippen LogP contribution in [0.4, 0.5) is 0 Å². The summed E-state index contributed by atoms with van der Waals surface area (Å²) >= 11 is 0. The molecule has 1 aliphatic carbocycles. The highest BCUT2D eigenvalue weighted by Gasteiger charge is 2.32. The van der Waals surface area contributed by atoms with E-state index in [-0.39, 0.29) is 17.9 Å². The number of rotatable bonds is 5. The highest BCUT2D eigenvalue weighted by atomic mass is 35.5. The molecule has 1 saturated carbocycles. The lowest BCUT2D eigenvalue weighted by Gasteiger charge is -2.23. The Morgan fingerprint density at radius 3 is 2.58 bits per heavy atom. The van der Waals surface area contributed by atoms with Crippen LogP contribution in [0.2, 0.25) is 0 Å². The lowest BCUT2D eigenvalue weighted by molar-refractivity contribution is 0.171.